The molecule has 3 N–H and O–H groups in total. The van der Waals surface area contributed by atoms with E-state index in [1.807, 2.05) is 13.8 Å². The van der Waals surface area contributed by atoms with Gasteiger partial charge in [0.15, 0.2) is 5.82 Å². The Bertz CT molecular complexity index is 789. The molecule has 154 valence electrons. The molecular formula is C18H25FN4O4S. The van der Waals surface area contributed by atoms with Crippen LogP contribution in [-0.2, 0) is 22.5 Å². The van der Waals surface area contributed by atoms with Crippen molar-refractivity contribution in [2.45, 2.75) is 26.8 Å². The Labute approximate surface area is 167 Å². The van der Waals surface area contributed by atoms with E-state index in [4.69, 9.17) is 4.74 Å². The summed E-state index contributed by atoms with van der Waals surface area (Å²) in [5, 5.41) is 13.1. The van der Waals surface area contributed by atoms with E-state index in [1.165, 1.54) is 10.4 Å². The zero-order valence-corrected chi connectivity index (χ0v) is 17.0. The van der Waals surface area contributed by atoms with E-state index in [9.17, 15) is 14.7 Å². The lowest BCUT2D eigenvalue weighted by Crippen LogP contribution is -2.46. The zero-order chi connectivity index (χ0) is 20.5. The molecule has 28 heavy (non-hydrogen) atoms. The summed E-state index contributed by atoms with van der Waals surface area (Å²) in [4.78, 5) is 25.5. The number of hydrogen-bond acceptors (Lipinski definition) is 6. The SMILES string of the molecule is COCC(C)(C)CNC(=O)N1CCc2cc(O)c(N3CC(=O)NS3)c(F)c2C1. The van der Waals surface area contributed by atoms with Gasteiger partial charge < -0.3 is 20.1 Å². The number of aromatic hydroxyl groups is 1. The molecule has 3 amide bonds. The molecule has 2 heterocycles. The fourth-order valence-corrected chi connectivity index (χ4v) is 4.06. The Morgan fingerprint density at radius 1 is 1.46 bits per heavy atom. The van der Waals surface area contributed by atoms with Crippen LogP contribution in [-0.4, -0.2) is 55.3 Å². The minimum atomic E-state index is -0.601. The summed E-state index contributed by atoms with van der Waals surface area (Å²) in [6.45, 7) is 5.40. The number of halogens is 1. The number of amides is 3. The minimum Gasteiger partial charge on any atom is -0.506 e. The molecule has 0 unspecified atom stereocenters. The van der Waals surface area contributed by atoms with Gasteiger partial charge in [-0.05, 0) is 18.1 Å². The fourth-order valence-electron chi connectivity index (χ4n) is 3.34. The summed E-state index contributed by atoms with van der Waals surface area (Å²) in [6.07, 6.45) is 0.444. The topological polar surface area (TPSA) is 94.1 Å². The fraction of sp³-hybridized carbons (Fsp3) is 0.556. The van der Waals surface area contributed by atoms with Crippen molar-refractivity contribution in [2.75, 3.05) is 37.7 Å². The monoisotopic (exact) mass is 412 g/mol. The average molecular weight is 412 g/mol. The standard InChI is InChI=1S/C18H25FN4O4S/c1-18(2,10-27-3)9-20-17(26)22-5-4-11-6-13(24)16(15(19)12(11)7-22)23-8-14(25)21-28-23/h6,24H,4-5,7-10H2,1-3H3,(H,20,26)(H,21,25). The number of urea groups is 1. The third-order valence-corrected chi connectivity index (χ3v) is 5.61. The number of fused-ring (bicyclic) bond motifs is 1. The number of anilines is 1. The number of carbonyl (C=O) groups is 2. The quantitative estimate of drug-likeness (QED) is 0.639. The van der Waals surface area contributed by atoms with Crippen molar-refractivity contribution in [2.24, 2.45) is 5.41 Å². The lowest BCUT2D eigenvalue weighted by Gasteiger charge is -2.32. The molecule has 0 spiro atoms. The second-order valence-corrected chi connectivity index (χ2v) is 8.60. The predicted octanol–water partition coefficient (Wildman–Crippen LogP) is 1.77. The van der Waals surface area contributed by atoms with Gasteiger partial charge in [0.1, 0.15) is 18.0 Å². The number of phenols is 1. The summed E-state index contributed by atoms with van der Waals surface area (Å²) in [7, 11) is 1.61. The predicted molar refractivity (Wildman–Crippen MR) is 104 cm³/mol. The van der Waals surface area contributed by atoms with E-state index >= 15 is 4.39 Å². The molecule has 0 bridgehead atoms. The van der Waals surface area contributed by atoms with Crippen LogP contribution in [0.2, 0.25) is 0 Å². The Kier molecular flexibility index (Phi) is 5.90. The van der Waals surface area contributed by atoms with Crippen LogP contribution >= 0.6 is 12.1 Å². The minimum absolute atomic E-state index is 0.0365. The lowest BCUT2D eigenvalue weighted by atomic mass is 9.95. The molecule has 10 heteroatoms. The molecule has 1 fully saturated rings. The molecule has 0 atom stereocenters. The molecule has 0 aliphatic carbocycles. The van der Waals surface area contributed by atoms with E-state index in [0.717, 1.165) is 12.1 Å². The molecule has 3 rings (SSSR count). The first kappa shape index (κ1) is 20.5. The summed E-state index contributed by atoms with van der Waals surface area (Å²) >= 11 is 0.934. The second kappa shape index (κ2) is 8.04. The summed E-state index contributed by atoms with van der Waals surface area (Å²) in [5.74, 6) is -1.07. The Morgan fingerprint density at radius 2 is 2.21 bits per heavy atom. The van der Waals surface area contributed by atoms with Gasteiger partial charge in [-0.25, -0.2) is 9.18 Å². The maximum Gasteiger partial charge on any atom is 0.317 e. The molecule has 0 aromatic heterocycles. The van der Waals surface area contributed by atoms with Crippen molar-refractivity contribution in [1.82, 2.24) is 14.9 Å². The maximum atomic E-state index is 15.2. The Morgan fingerprint density at radius 3 is 2.86 bits per heavy atom. The van der Waals surface area contributed by atoms with Gasteiger partial charge in [0.25, 0.3) is 5.91 Å². The molecular weight excluding hydrogens is 387 g/mol. The first-order valence-electron chi connectivity index (χ1n) is 9.00. The van der Waals surface area contributed by atoms with Gasteiger partial charge in [0, 0.05) is 31.2 Å². The smallest absolute Gasteiger partial charge is 0.317 e. The van der Waals surface area contributed by atoms with E-state index < -0.39 is 5.82 Å². The van der Waals surface area contributed by atoms with Gasteiger partial charge in [-0.1, -0.05) is 13.8 Å². The average Bonchev–Trinajstić information content (AvgIpc) is 3.05. The number of hydrogen-bond donors (Lipinski definition) is 3. The van der Waals surface area contributed by atoms with Crippen LogP contribution in [0.1, 0.15) is 25.0 Å². The van der Waals surface area contributed by atoms with Gasteiger partial charge in [-0.15, -0.1) is 0 Å². The van der Waals surface area contributed by atoms with Crippen molar-refractivity contribution in [3.05, 3.63) is 23.0 Å². The van der Waals surface area contributed by atoms with Crippen LogP contribution < -0.4 is 14.3 Å². The number of ether oxygens (including phenoxy) is 1. The Hall–Kier alpha value is -2.20. The second-order valence-electron chi connectivity index (χ2n) is 7.78. The van der Waals surface area contributed by atoms with E-state index in [1.54, 1.807) is 12.0 Å². The molecule has 8 nitrogen and oxygen atoms in total. The molecule has 0 radical (unpaired) electrons. The third kappa shape index (κ3) is 4.27. The number of nitrogens with one attached hydrogen (secondary N) is 2. The molecule has 1 saturated heterocycles. The molecule has 2 aliphatic heterocycles. The number of methoxy groups -OCH3 is 1. The van der Waals surface area contributed by atoms with Gasteiger partial charge in [0.05, 0.1) is 25.3 Å². The number of phenolic OH excluding ortho intramolecular Hbond substituents is 1. The van der Waals surface area contributed by atoms with Crippen molar-refractivity contribution >= 4 is 29.8 Å². The highest BCUT2D eigenvalue weighted by Gasteiger charge is 2.32. The lowest BCUT2D eigenvalue weighted by molar-refractivity contribution is -0.117. The largest absolute Gasteiger partial charge is 0.506 e. The van der Waals surface area contributed by atoms with E-state index in [2.05, 4.69) is 10.0 Å². The first-order valence-corrected chi connectivity index (χ1v) is 9.77. The first-order chi connectivity index (χ1) is 13.2. The van der Waals surface area contributed by atoms with Crippen LogP contribution in [0.25, 0.3) is 0 Å². The van der Waals surface area contributed by atoms with E-state index in [-0.39, 0.29) is 41.9 Å². The van der Waals surface area contributed by atoms with Gasteiger partial charge in [-0.3, -0.25) is 13.8 Å². The van der Waals surface area contributed by atoms with Crippen molar-refractivity contribution < 1.29 is 23.8 Å². The highest BCUT2D eigenvalue weighted by molar-refractivity contribution is 7.99. The highest BCUT2D eigenvalue weighted by Crippen LogP contribution is 2.40. The summed E-state index contributed by atoms with van der Waals surface area (Å²) in [6, 6.07) is 1.25. The summed E-state index contributed by atoms with van der Waals surface area (Å²) < 4.78 is 24.2. The highest BCUT2D eigenvalue weighted by atomic mass is 32.2. The molecule has 2 aliphatic rings. The zero-order valence-electron chi connectivity index (χ0n) is 16.2. The number of benzene rings is 1. The summed E-state index contributed by atoms with van der Waals surface area (Å²) in [5.41, 5.74) is 0.788. The van der Waals surface area contributed by atoms with Gasteiger partial charge in [0.2, 0.25) is 0 Å². The van der Waals surface area contributed by atoms with Crippen LogP contribution in [0.5, 0.6) is 5.75 Å². The maximum absolute atomic E-state index is 15.2. The molecule has 1 aromatic rings. The molecule has 0 saturated carbocycles. The van der Waals surface area contributed by atoms with Crippen LogP contribution in [0.3, 0.4) is 0 Å². The van der Waals surface area contributed by atoms with Crippen LogP contribution in [0, 0.1) is 11.2 Å². The van der Waals surface area contributed by atoms with E-state index in [0.29, 0.717) is 37.2 Å². The Balaban J connectivity index is 1.75. The molecule has 1 aromatic carbocycles. The van der Waals surface area contributed by atoms with Gasteiger partial charge in [-0.2, -0.15) is 0 Å². The number of nitrogens with zero attached hydrogens (tertiary/aromatic N) is 2. The number of rotatable bonds is 5. The van der Waals surface area contributed by atoms with Gasteiger partial charge >= 0.3 is 6.03 Å². The normalized spacial score (nSPS) is 16.8. The van der Waals surface area contributed by atoms with Crippen molar-refractivity contribution in [3.63, 3.8) is 0 Å². The van der Waals surface area contributed by atoms with Crippen LogP contribution in [0.15, 0.2) is 6.07 Å². The third-order valence-electron chi connectivity index (χ3n) is 4.76. The van der Waals surface area contributed by atoms with Crippen LogP contribution in [0.4, 0.5) is 14.9 Å². The van der Waals surface area contributed by atoms with Crippen molar-refractivity contribution in [1.29, 1.82) is 0 Å². The number of carbonyl (C=O) groups excluding carboxylic acids is 2. The van der Waals surface area contributed by atoms with Crippen molar-refractivity contribution in [3.8, 4) is 5.75 Å².